The second-order valence-corrected chi connectivity index (χ2v) is 4.92. The number of nitrogens with one attached hydrogen (secondary N) is 1. The molecule has 0 aliphatic carbocycles. The van der Waals surface area contributed by atoms with Crippen LogP contribution in [0.4, 0.5) is 4.39 Å². The van der Waals surface area contributed by atoms with E-state index in [-0.39, 0.29) is 11.9 Å². The summed E-state index contributed by atoms with van der Waals surface area (Å²) in [4.78, 5) is 0. The van der Waals surface area contributed by atoms with Crippen molar-refractivity contribution in [1.29, 1.82) is 0 Å². The molecule has 0 fully saturated rings. The predicted molar refractivity (Wildman–Crippen MR) is 78.1 cm³/mol. The van der Waals surface area contributed by atoms with E-state index in [4.69, 9.17) is 4.74 Å². The fraction of sp³-hybridized carbons (Fsp3) is 0.625. The Labute approximate surface area is 116 Å². The van der Waals surface area contributed by atoms with Crippen molar-refractivity contribution < 1.29 is 9.13 Å². The Morgan fingerprint density at radius 3 is 2.63 bits per heavy atom. The molecule has 1 N–H and O–H groups in total. The highest BCUT2D eigenvalue weighted by molar-refractivity contribution is 5.30. The number of rotatable bonds is 9. The van der Waals surface area contributed by atoms with E-state index in [1.54, 1.807) is 12.1 Å². The normalized spacial score (nSPS) is 12.4. The average molecular weight is 267 g/mol. The second kappa shape index (κ2) is 8.92. The van der Waals surface area contributed by atoms with Crippen molar-refractivity contribution in [3.05, 3.63) is 29.6 Å². The molecule has 1 unspecified atom stereocenters. The van der Waals surface area contributed by atoms with Crippen molar-refractivity contribution in [3.8, 4) is 5.75 Å². The molecule has 0 aliphatic rings. The first-order chi connectivity index (χ1) is 9.19. The third-order valence-electron chi connectivity index (χ3n) is 3.16. The molecule has 0 radical (unpaired) electrons. The summed E-state index contributed by atoms with van der Waals surface area (Å²) in [5.74, 6) is 0.0988. The minimum absolute atomic E-state index is 0.170. The molecule has 108 valence electrons. The first-order valence-electron chi connectivity index (χ1n) is 7.34. The summed E-state index contributed by atoms with van der Waals surface area (Å²) < 4.78 is 19.3. The topological polar surface area (TPSA) is 21.3 Å². The fourth-order valence-electron chi connectivity index (χ4n) is 1.92. The third-order valence-corrected chi connectivity index (χ3v) is 3.16. The number of hydrogen-bond acceptors (Lipinski definition) is 2. The lowest BCUT2D eigenvalue weighted by Gasteiger charge is -2.15. The largest absolute Gasteiger partial charge is 0.491 e. The first-order valence-corrected chi connectivity index (χ1v) is 7.34. The first kappa shape index (κ1) is 16.0. The highest BCUT2D eigenvalue weighted by Crippen LogP contribution is 2.22. The fourth-order valence-corrected chi connectivity index (χ4v) is 1.92. The zero-order valence-corrected chi connectivity index (χ0v) is 12.3. The van der Waals surface area contributed by atoms with Gasteiger partial charge in [-0.25, -0.2) is 4.39 Å². The van der Waals surface area contributed by atoms with Gasteiger partial charge in [-0.15, -0.1) is 0 Å². The lowest BCUT2D eigenvalue weighted by atomic mass is 10.1. The van der Waals surface area contributed by atoms with Crippen LogP contribution in [0.15, 0.2) is 18.2 Å². The summed E-state index contributed by atoms with van der Waals surface area (Å²) in [5.41, 5.74) is 0.965. The molecule has 19 heavy (non-hydrogen) atoms. The Morgan fingerprint density at radius 2 is 2.00 bits per heavy atom. The molecule has 0 spiro atoms. The predicted octanol–water partition coefficient (Wildman–Crippen LogP) is 4.46. The van der Waals surface area contributed by atoms with Gasteiger partial charge in [0.2, 0.25) is 0 Å². The molecular formula is C16H26FNO. The van der Waals surface area contributed by atoms with Crippen LogP contribution < -0.4 is 10.1 Å². The number of halogens is 1. The number of unbranched alkanes of at least 4 members (excludes halogenated alkanes) is 2. The lowest BCUT2D eigenvalue weighted by molar-refractivity contribution is 0.291. The smallest absolute Gasteiger partial charge is 0.165 e. The SMILES string of the molecule is CCCCCOc1ccc(C(C)NCCC)cc1F. The zero-order chi connectivity index (χ0) is 14.1. The maximum Gasteiger partial charge on any atom is 0.165 e. The van der Waals surface area contributed by atoms with Crippen LogP contribution in [0, 0.1) is 5.82 Å². The van der Waals surface area contributed by atoms with Crippen LogP contribution in [-0.2, 0) is 0 Å². The van der Waals surface area contributed by atoms with Gasteiger partial charge in [-0.2, -0.15) is 0 Å². The van der Waals surface area contributed by atoms with E-state index in [2.05, 4.69) is 19.2 Å². The molecule has 1 atom stereocenters. The van der Waals surface area contributed by atoms with E-state index in [0.717, 1.165) is 37.8 Å². The Morgan fingerprint density at radius 1 is 1.21 bits per heavy atom. The van der Waals surface area contributed by atoms with Crippen LogP contribution in [0.2, 0.25) is 0 Å². The number of benzene rings is 1. The van der Waals surface area contributed by atoms with E-state index in [0.29, 0.717) is 12.4 Å². The van der Waals surface area contributed by atoms with E-state index < -0.39 is 0 Å². The van der Waals surface area contributed by atoms with Crippen LogP contribution in [0.5, 0.6) is 5.75 Å². The van der Waals surface area contributed by atoms with Gasteiger partial charge in [0.15, 0.2) is 11.6 Å². The standard InChI is InChI=1S/C16H26FNO/c1-4-6-7-11-19-16-9-8-14(12-15(16)17)13(3)18-10-5-2/h8-9,12-13,18H,4-7,10-11H2,1-3H3. The summed E-state index contributed by atoms with van der Waals surface area (Å²) >= 11 is 0. The molecular weight excluding hydrogens is 241 g/mol. The molecule has 1 rings (SSSR count). The molecule has 3 heteroatoms. The maximum absolute atomic E-state index is 13.9. The Hall–Kier alpha value is -1.09. The van der Waals surface area contributed by atoms with Crippen molar-refractivity contribution in [2.24, 2.45) is 0 Å². The highest BCUT2D eigenvalue weighted by Gasteiger charge is 2.09. The van der Waals surface area contributed by atoms with Crippen LogP contribution in [0.25, 0.3) is 0 Å². The van der Waals surface area contributed by atoms with E-state index in [1.807, 2.05) is 13.0 Å². The summed E-state index contributed by atoms with van der Waals surface area (Å²) in [6.07, 6.45) is 4.32. The van der Waals surface area contributed by atoms with E-state index >= 15 is 0 Å². The van der Waals surface area contributed by atoms with Crippen LogP contribution in [-0.4, -0.2) is 13.2 Å². The van der Waals surface area contributed by atoms with Gasteiger partial charge in [0, 0.05) is 6.04 Å². The van der Waals surface area contributed by atoms with Gasteiger partial charge in [0.1, 0.15) is 0 Å². The quantitative estimate of drug-likeness (QED) is 0.667. The molecule has 2 nitrogen and oxygen atoms in total. The van der Waals surface area contributed by atoms with Crippen LogP contribution in [0.3, 0.4) is 0 Å². The molecule has 1 aromatic carbocycles. The molecule has 0 heterocycles. The Kier molecular flexibility index (Phi) is 7.49. The summed E-state index contributed by atoms with van der Waals surface area (Å²) in [7, 11) is 0. The van der Waals surface area contributed by atoms with Crippen molar-refractivity contribution in [1.82, 2.24) is 5.32 Å². The molecule has 0 aromatic heterocycles. The zero-order valence-electron chi connectivity index (χ0n) is 12.3. The lowest BCUT2D eigenvalue weighted by Crippen LogP contribution is -2.19. The van der Waals surface area contributed by atoms with Crippen molar-refractivity contribution in [2.75, 3.05) is 13.2 Å². The second-order valence-electron chi connectivity index (χ2n) is 4.92. The van der Waals surface area contributed by atoms with Gasteiger partial charge in [0.25, 0.3) is 0 Å². The summed E-state index contributed by atoms with van der Waals surface area (Å²) in [6.45, 7) is 7.84. The minimum Gasteiger partial charge on any atom is -0.491 e. The minimum atomic E-state index is -0.265. The summed E-state index contributed by atoms with van der Waals surface area (Å²) in [6, 6.07) is 5.41. The van der Waals surface area contributed by atoms with E-state index in [9.17, 15) is 4.39 Å². The van der Waals surface area contributed by atoms with Crippen LogP contribution in [0.1, 0.15) is 58.1 Å². The number of hydrogen-bond donors (Lipinski definition) is 1. The summed E-state index contributed by atoms with van der Waals surface area (Å²) in [5, 5.41) is 3.35. The molecule has 1 aromatic rings. The number of ether oxygens (including phenoxy) is 1. The Balaban J connectivity index is 2.53. The van der Waals surface area contributed by atoms with Gasteiger partial charge in [-0.3, -0.25) is 0 Å². The monoisotopic (exact) mass is 267 g/mol. The molecule has 0 amide bonds. The molecule has 0 saturated heterocycles. The average Bonchev–Trinajstić information content (AvgIpc) is 2.42. The van der Waals surface area contributed by atoms with Crippen LogP contribution >= 0.6 is 0 Å². The highest BCUT2D eigenvalue weighted by atomic mass is 19.1. The van der Waals surface area contributed by atoms with Crippen molar-refractivity contribution in [3.63, 3.8) is 0 Å². The van der Waals surface area contributed by atoms with Gasteiger partial charge in [0.05, 0.1) is 6.61 Å². The van der Waals surface area contributed by atoms with Gasteiger partial charge < -0.3 is 10.1 Å². The van der Waals surface area contributed by atoms with Crippen molar-refractivity contribution in [2.45, 2.75) is 52.5 Å². The molecule has 0 aliphatic heterocycles. The van der Waals surface area contributed by atoms with Gasteiger partial charge in [-0.1, -0.05) is 32.8 Å². The molecule has 0 saturated carbocycles. The van der Waals surface area contributed by atoms with Gasteiger partial charge >= 0.3 is 0 Å². The maximum atomic E-state index is 13.9. The Bertz CT molecular complexity index is 368. The third kappa shape index (κ3) is 5.60. The van der Waals surface area contributed by atoms with Crippen molar-refractivity contribution >= 4 is 0 Å². The van der Waals surface area contributed by atoms with E-state index in [1.165, 1.54) is 0 Å². The molecule has 0 bridgehead atoms. The van der Waals surface area contributed by atoms with Gasteiger partial charge in [-0.05, 0) is 44.0 Å².